The lowest BCUT2D eigenvalue weighted by atomic mass is 10.0. The van der Waals surface area contributed by atoms with Crippen LogP contribution in [0, 0.1) is 11.8 Å². The summed E-state index contributed by atoms with van der Waals surface area (Å²) in [4.78, 5) is 65.9. The fourth-order valence-electron chi connectivity index (χ4n) is 3.70. The van der Waals surface area contributed by atoms with Crippen molar-refractivity contribution in [3.05, 3.63) is 35.9 Å². The molecule has 3 amide bonds. The SMILES string of the molecule is CC(C)[C@H](NC(=O)[C@H](CC(=O)O)NC(=O)[C@@H]1CCN(C(=O)/C=C/c2ccc(N=C(N)N)cc2)C1)C(=O)O. The molecule has 0 aromatic heterocycles. The predicted molar refractivity (Wildman–Crippen MR) is 134 cm³/mol. The Morgan fingerprint density at radius 3 is 2.30 bits per heavy atom. The van der Waals surface area contributed by atoms with Gasteiger partial charge in [0.25, 0.3) is 0 Å². The number of carbonyl (C=O) groups is 5. The highest BCUT2D eigenvalue weighted by Gasteiger charge is 2.34. The molecule has 37 heavy (non-hydrogen) atoms. The molecular formula is C24H32N6O7. The van der Waals surface area contributed by atoms with Crippen molar-refractivity contribution in [2.45, 2.75) is 38.8 Å². The summed E-state index contributed by atoms with van der Waals surface area (Å²) in [5.74, 6) is -5.60. The lowest BCUT2D eigenvalue weighted by Crippen LogP contribution is -2.54. The Labute approximate surface area is 213 Å². The van der Waals surface area contributed by atoms with E-state index in [0.29, 0.717) is 18.7 Å². The molecule has 200 valence electrons. The van der Waals surface area contributed by atoms with Crippen molar-refractivity contribution < 1.29 is 34.2 Å². The van der Waals surface area contributed by atoms with Crippen LogP contribution in [-0.4, -0.2) is 75.9 Å². The Morgan fingerprint density at radius 2 is 1.76 bits per heavy atom. The van der Waals surface area contributed by atoms with Gasteiger partial charge >= 0.3 is 11.9 Å². The topological polar surface area (TPSA) is 218 Å². The molecule has 0 unspecified atom stereocenters. The number of amides is 3. The van der Waals surface area contributed by atoms with Gasteiger partial charge in [0.15, 0.2) is 5.96 Å². The maximum atomic E-state index is 12.8. The quantitative estimate of drug-likeness (QED) is 0.128. The molecule has 0 aliphatic carbocycles. The summed E-state index contributed by atoms with van der Waals surface area (Å²) in [6.07, 6.45) is 2.58. The second kappa shape index (κ2) is 13.0. The number of guanidine groups is 1. The van der Waals surface area contributed by atoms with Crippen molar-refractivity contribution in [1.82, 2.24) is 15.5 Å². The highest BCUT2D eigenvalue weighted by Crippen LogP contribution is 2.18. The number of carboxylic acid groups (broad SMARTS) is 2. The standard InChI is InChI=1S/C24H32N6O7/c1-13(2)20(23(36)37)29-22(35)17(11-19(32)33)28-21(34)15-9-10-30(12-15)18(31)8-5-14-3-6-16(7-4-14)27-24(25)26/h3-8,13,15,17,20H,9-12H2,1-2H3,(H,28,34)(H,29,35)(H,32,33)(H,36,37)(H4,25,26,27)/b8-5+/t15-,17+,20+/m1/s1. The average Bonchev–Trinajstić information content (AvgIpc) is 3.31. The number of aliphatic carboxylic acids is 2. The number of rotatable bonds is 11. The van der Waals surface area contributed by atoms with Crippen LogP contribution in [0.1, 0.15) is 32.3 Å². The van der Waals surface area contributed by atoms with Crippen LogP contribution in [0.5, 0.6) is 0 Å². The number of hydrogen-bond donors (Lipinski definition) is 6. The summed E-state index contributed by atoms with van der Waals surface area (Å²) in [6, 6.07) is 4.13. The predicted octanol–water partition coefficient (Wildman–Crippen LogP) is -0.362. The van der Waals surface area contributed by atoms with E-state index in [-0.39, 0.29) is 18.4 Å². The van der Waals surface area contributed by atoms with Crippen molar-refractivity contribution in [3.8, 4) is 0 Å². The number of carbonyl (C=O) groups excluding carboxylic acids is 3. The van der Waals surface area contributed by atoms with Gasteiger partial charge < -0.3 is 37.2 Å². The number of nitrogens with zero attached hydrogens (tertiary/aromatic N) is 2. The minimum atomic E-state index is -1.46. The minimum absolute atomic E-state index is 0.0685. The van der Waals surface area contributed by atoms with Gasteiger partial charge in [-0.25, -0.2) is 9.79 Å². The summed E-state index contributed by atoms with van der Waals surface area (Å²) < 4.78 is 0. The zero-order valence-electron chi connectivity index (χ0n) is 20.6. The highest BCUT2D eigenvalue weighted by molar-refractivity contribution is 5.95. The molecule has 1 saturated heterocycles. The van der Waals surface area contributed by atoms with Crippen LogP contribution >= 0.6 is 0 Å². The molecule has 13 heteroatoms. The molecule has 0 bridgehead atoms. The normalized spacial score (nSPS) is 16.7. The molecule has 0 saturated carbocycles. The first-order chi connectivity index (χ1) is 17.4. The molecule has 0 radical (unpaired) electrons. The molecule has 1 aliphatic rings. The third kappa shape index (κ3) is 8.94. The Balaban J connectivity index is 1.98. The van der Waals surface area contributed by atoms with Crippen LogP contribution in [0.2, 0.25) is 0 Å². The fourth-order valence-corrected chi connectivity index (χ4v) is 3.70. The summed E-state index contributed by atoms with van der Waals surface area (Å²) >= 11 is 0. The van der Waals surface area contributed by atoms with Crippen LogP contribution in [0.25, 0.3) is 6.08 Å². The molecule has 1 aliphatic heterocycles. The van der Waals surface area contributed by atoms with Crippen LogP contribution in [0.15, 0.2) is 35.3 Å². The van der Waals surface area contributed by atoms with E-state index in [1.54, 1.807) is 44.2 Å². The molecule has 1 fully saturated rings. The first-order valence-electron chi connectivity index (χ1n) is 11.6. The van der Waals surface area contributed by atoms with E-state index in [0.717, 1.165) is 5.56 Å². The number of carboxylic acids is 2. The maximum absolute atomic E-state index is 12.8. The van der Waals surface area contributed by atoms with Crippen LogP contribution in [-0.2, 0) is 24.0 Å². The van der Waals surface area contributed by atoms with Gasteiger partial charge in [0, 0.05) is 19.2 Å². The molecular weight excluding hydrogens is 484 g/mol. The number of benzene rings is 1. The molecule has 8 N–H and O–H groups in total. The second-order valence-corrected chi connectivity index (χ2v) is 8.96. The van der Waals surface area contributed by atoms with E-state index in [9.17, 15) is 29.1 Å². The molecule has 1 aromatic carbocycles. The van der Waals surface area contributed by atoms with E-state index in [1.165, 1.54) is 11.0 Å². The van der Waals surface area contributed by atoms with Crippen molar-refractivity contribution in [3.63, 3.8) is 0 Å². The van der Waals surface area contributed by atoms with Gasteiger partial charge in [-0.05, 0) is 36.1 Å². The van der Waals surface area contributed by atoms with E-state index in [1.807, 2.05) is 0 Å². The first-order valence-corrected chi connectivity index (χ1v) is 11.6. The van der Waals surface area contributed by atoms with Gasteiger partial charge in [0.05, 0.1) is 18.0 Å². The Hall–Kier alpha value is -4.42. The highest BCUT2D eigenvalue weighted by atomic mass is 16.4. The van der Waals surface area contributed by atoms with Crippen molar-refractivity contribution in [2.75, 3.05) is 13.1 Å². The minimum Gasteiger partial charge on any atom is -0.481 e. The third-order valence-electron chi connectivity index (χ3n) is 5.68. The molecule has 0 spiro atoms. The number of likely N-dealkylation sites (tertiary alicyclic amines) is 1. The van der Waals surface area contributed by atoms with Crippen LogP contribution < -0.4 is 22.1 Å². The molecule has 1 heterocycles. The Kier molecular flexibility index (Phi) is 10.2. The maximum Gasteiger partial charge on any atom is 0.326 e. The number of nitrogens with two attached hydrogens (primary N) is 2. The van der Waals surface area contributed by atoms with Crippen LogP contribution in [0.3, 0.4) is 0 Å². The van der Waals surface area contributed by atoms with Gasteiger partial charge in [-0.3, -0.25) is 19.2 Å². The monoisotopic (exact) mass is 516 g/mol. The zero-order chi connectivity index (χ0) is 27.7. The summed E-state index contributed by atoms with van der Waals surface area (Å²) in [7, 11) is 0. The van der Waals surface area contributed by atoms with Gasteiger partial charge in [-0.1, -0.05) is 26.0 Å². The van der Waals surface area contributed by atoms with E-state index >= 15 is 0 Å². The molecule has 3 atom stereocenters. The van der Waals surface area contributed by atoms with Crippen molar-refractivity contribution >= 4 is 47.4 Å². The fraction of sp³-hybridized carbons (Fsp3) is 0.417. The van der Waals surface area contributed by atoms with E-state index in [2.05, 4.69) is 15.6 Å². The van der Waals surface area contributed by atoms with Gasteiger partial charge in [0.2, 0.25) is 17.7 Å². The van der Waals surface area contributed by atoms with E-state index < -0.39 is 54.1 Å². The van der Waals surface area contributed by atoms with Gasteiger partial charge in [0.1, 0.15) is 12.1 Å². The number of nitrogens with one attached hydrogen (secondary N) is 2. The summed E-state index contributed by atoms with van der Waals surface area (Å²) in [5, 5.41) is 23.1. The van der Waals surface area contributed by atoms with Gasteiger partial charge in [-0.15, -0.1) is 0 Å². The average molecular weight is 517 g/mol. The lowest BCUT2D eigenvalue weighted by Gasteiger charge is -2.23. The zero-order valence-corrected chi connectivity index (χ0v) is 20.6. The van der Waals surface area contributed by atoms with Crippen molar-refractivity contribution in [2.24, 2.45) is 28.3 Å². The Bertz CT molecular complexity index is 1080. The summed E-state index contributed by atoms with van der Waals surface area (Å²) in [6.45, 7) is 3.56. The largest absolute Gasteiger partial charge is 0.481 e. The van der Waals surface area contributed by atoms with Crippen molar-refractivity contribution in [1.29, 1.82) is 0 Å². The lowest BCUT2D eigenvalue weighted by molar-refractivity contribution is -0.144. The number of aliphatic imine (C=N–C) groups is 1. The first kappa shape index (κ1) is 28.8. The van der Waals surface area contributed by atoms with E-state index in [4.69, 9.17) is 16.6 Å². The van der Waals surface area contributed by atoms with Crippen LogP contribution in [0.4, 0.5) is 5.69 Å². The summed E-state index contributed by atoms with van der Waals surface area (Å²) in [5.41, 5.74) is 12.0. The molecule has 13 nitrogen and oxygen atoms in total. The third-order valence-corrected chi connectivity index (χ3v) is 5.68. The molecule has 1 aromatic rings. The van der Waals surface area contributed by atoms with Gasteiger partial charge in [-0.2, -0.15) is 0 Å². The Morgan fingerprint density at radius 1 is 1.11 bits per heavy atom. The number of hydrogen-bond acceptors (Lipinski definition) is 6. The smallest absolute Gasteiger partial charge is 0.326 e. The second-order valence-electron chi connectivity index (χ2n) is 8.96. The molecule has 2 rings (SSSR count).